The van der Waals surface area contributed by atoms with E-state index in [1.165, 1.54) is 0 Å². The van der Waals surface area contributed by atoms with Crippen LogP contribution in [0.1, 0.15) is 12.5 Å². The Hall–Kier alpha value is -1.33. The minimum absolute atomic E-state index is 0.226. The molecular weight excluding hydrogens is 354 g/mol. The van der Waals surface area contributed by atoms with Crippen molar-refractivity contribution in [2.75, 3.05) is 19.1 Å². The number of aromatic nitrogens is 2. The van der Waals surface area contributed by atoms with Gasteiger partial charge < -0.3 is 9.64 Å². The molecule has 1 aromatic heterocycles. The molecule has 2 rings (SSSR count). The Morgan fingerprint density at radius 3 is 2.81 bits per heavy atom. The van der Waals surface area contributed by atoms with E-state index in [2.05, 4.69) is 43.8 Å². The molecule has 0 fully saturated rings. The molecule has 0 amide bonds. The smallest absolute Gasteiger partial charge is 0.224 e. The van der Waals surface area contributed by atoms with Gasteiger partial charge in [-0.05, 0) is 52.5 Å². The van der Waals surface area contributed by atoms with Crippen LogP contribution in [0.5, 0.6) is 5.75 Å². The first-order valence-corrected chi connectivity index (χ1v) is 7.72. The van der Waals surface area contributed by atoms with Crippen molar-refractivity contribution < 1.29 is 4.74 Å². The van der Waals surface area contributed by atoms with Gasteiger partial charge in [-0.2, -0.15) is 4.98 Å². The van der Waals surface area contributed by atoms with Crippen molar-refractivity contribution in [3.05, 3.63) is 45.8 Å². The first-order chi connectivity index (χ1) is 10.0. The van der Waals surface area contributed by atoms with Crippen molar-refractivity contribution in [2.24, 2.45) is 0 Å². The fraction of sp³-hybridized carbons (Fsp3) is 0.333. The number of hydrogen-bond acceptors (Lipinski definition) is 4. The normalized spacial score (nSPS) is 12.0. The highest BCUT2D eigenvalue weighted by Gasteiger charge is 2.17. The maximum Gasteiger partial charge on any atom is 0.224 e. The van der Waals surface area contributed by atoms with Crippen molar-refractivity contribution in [3.63, 3.8) is 0 Å². The Morgan fingerprint density at radius 1 is 1.38 bits per heavy atom. The quantitative estimate of drug-likeness (QED) is 0.747. The van der Waals surface area contributed by atoms with Gasteiger partial charge in [0, 0.05) is 19.3 Å². The molecule has 0 aliphatic rings. The van der Waals surface area contributed by atoms with E-state index in [0.717, 1.165) is 28.0 Å². The molecule has 1 atom stereocenters. The van der Waals surface area contributed by atoms with Gasteiger partial charge in [0.15, 0.2) is 0 Å². The number of hydrogen-bond donors (Lipinski definition) is 0. The molecule has 1 unspecified atom stereocenters. The summed E-state index contributed by atoms with van der Waals surface area (Å²) in [5, 5.41) is 0.240. The number of para-hydroxylation sites is 1. The fourth-order valence-electron chi connectivity index (χ4n) is 2.12. The molecule has 1 heterocycles. The summed E-state index contributed by atoms with van der Waals surface area (Å²) >= 11 is 9.35. The monoisotopic (exact) mass is 369 g/mol. The van der Waals surface area contributed by atoms with Gasteiger partial charge in [0.05, 0.1) is 11.6 Å². The Bertz CT molecular complexity index is 624. The molecule has 0 radical (unpaired) electrons. The molecule has 2 aromatic rings. The maximum absolute atomic E-state index is 5.88. The molecule has 0 bridgehead atoms. The fourth-order valence-corrected chi connectivity index (χ4v) is 2.72. The average molecular weight is 371 g/mol. The Balaban J connectivity index is 2.19. The zero-order valence-electron chi connectivity index (χ0n) is 12.2. The summed E-state index contributed by atoms with van der Waals surface area (Å²) in [6.07, 6.45) is 2.51. The van der Waals surface area contributed by atoms with Crippen LogP contribution in [0.25, 0.3) is 0 Å². The van der Waals surface area contributed by atoms with Gasteiger partial charge in [-0.25, -0.2) is 4.98 Å². The molecule has 112 valence electrons. The molecule has 0 spiro atoms. The Morgan fingerprint density at radius 2 is 2.10 bits per heavy atom. The van der Waals surface area contributed by atoms with Gasteiger partial charge >= 0.3 is 0 Å². The molecule has 0 saturated carbocycles. The van der Waals surface area contributed by atoms with Crippen molar-refractivity contribution >= 4 is 33.3 Å². The van der Waals surface area contributed by atoms with Gasteiger partial charge in [-0.1, -0.05) is 18.2 Å². The lowest BCUT2D eigenvalue weighted by Crippen LogP contribution is -2.32. The van der Waals surface area contributed by atoms with E-state index in [-0.39, 0.29) is 11.3 Å². The van der Waals surface area contributed by atoms with Crippen LogP contribution in [0, 0.1) is 0 Å². The zero-order valence-corrected chi connectivity index (χ0v) is 14.5. The highest BCUT2D eigenvalue weighted by molar-refractivity contribution is 9.10. The Kier molecular flexibility index (Phi) is 5.42. The van der Waals surface area contributed by atoms with E-state index in [0.29, 0.717) is 0 Å². The predicted octanol–water partition coefficient (Wildman–Crippen LogP) is 3.97. The minimum Gasteiger partial charge on any atom is -0.496 e. The van der Waals surface area contributed by atoms with E-state index in [1.54, 1.807) is 13.3 Å². The third kappa shape index (κ3) is 3.86. The third-order valence-corrected chi connectivity index (χ3v) is 4.14. The van der Waals surface area contributed by atoms with E-state index in [4.69, 9.17) is 16.3 Å². The number of ether oxygens (including phenoxy) is 1. The van der Waals surface area contributed by atoms with Gasteiger partial charge in [0.25, 0.3) is 0 Å². The number of likely N-dealkylation sites (N-methyl/N-ethyl adjacent to an activating group) is 1. The standard InChI is InChI=1S/C15H17BrClN3O/c1-10(8-11-6-4-5-7-13(11)21-3)20(2)14-12(16)9-18-15(17)19-14/h4-7,9-10H,8H2,1-3H3. The van der Waals surface area contributed by atoms with Gasteiger partial charge in [-0.3, -0.25) is 0 Å². The number of anilines is 1. The number of rotatable bonds is 5. The van der Waals surface area contributed by atoms with Crippen molar-refractivity contribution in [3.8, 4) is 5.75 Å². The minimum atomic E-state index is 0.226. The summed E-state index contributed by atoms with van der Waals surface area (Å²) in [6.45, 7) is 2.13. The zero-order chi connectivity index (χ0) is 15.4. The van der Waals surface area contributed by atoms with Crippen LogP contribution < -0.4 is 9.64 Å². The number of methoxy groups -OCH3 is 1. The second-order valence-corrected chi connectivity index (χ2v) is 5.98. The molecule has 0 aliphatic carbocycles. The summed E-state index contributed by atoms with van der Waals surface area (Å²) < 4.78 is 6.22. The van der Waals surface area contributed by atoms with Crippen LogP contribution >= 0.6 is 27.5 Å². The van der Waals surface area contributed by atoms with Crippen LogP contribution in [0.3, 0.4) is 0 Å². The first kappa shape index (κ1) is 16.0. The molecule has 21 heavy (non-hydrogen) atoms. The molecule has 0 N–H and O–H groups in total. The van der Waals surface area contributed by atoms with E-state index in [1.807, 2.05) is 25.2 Å². The average Bonchev–Trinajstić information content (AvgIpc) is 2.49. The van der Waals surface area contributed by atoms with Crippen LogP contribution in [-0.4, -0.2) is 30.2 Å². The van der Waals surface area contributed by atoms with E-state index < -0.39 is 0 Å². The molecule has 1 aromatic carbocycles. The molecule has 0 aliphatic heterocycles. The Labute approximate surface area is 138 Å². The van der Waals surface area contributed by atoms with Gasteiger partial charge in [-0.15, -0.1) is 0 Å². The maximum atomic E-state index is 5.88. The van der Waals surface area contributed by atoms with Crippen LogP contribution in [0.2, 0.25) is 5.28 Å². The largest absolute Gasteiger partial charge is 0.496 e. The van der Waals surface area contributed by atoms with E-state index in [9.17, 15) is 0 Å². The predicted molar refractivity (Wildman–Crippen MR) is 89.3 cm³/mol. The summed E-state index contributed by atoms with van der Waals surface area (Å²) in [5.41, 5.74) is 1.16. The molecule has 4 nitrogen and oxygen atoms in total. The van der Waals surface area contributed by atoms with Gasteiger partial charge in [0.2, 0.25) is 5.28 Å². The summed E-state index contributed by atoms with van der Waals surface area (Å²) in [7, 11) is 3.68. The van der Waals surface area contributed by atoms with Crippen LogP contribution in [0.4, 0.5) is 5.82 Å². The molecule has 0 saturated heterocycles. The lowest BCUT2D eigenvalue weighted by atomic mass is 10.1. The van der Waals surface area contributed by atoms with Gasteiger partial charge in [0.1, 0.15) is 11.6 Å². The second kappa shape index (κ2) is 7.09. The van der Waals surface area contributed by atoms with Crippen molar-refractivity contribution in [2.45, 2.75) is 19.4 Å². The third-order valence-electron chi connectivity index (χ3n) is 3.40. The van der Waals surface area contributed by atoms with Crippen molar-refractivity contribution in [1.29, 1.82) is 0 Å². The van der Waals surface area contributed by atoms with Crippen molar-refractivity contribution in [1.82, 2.24) is 9.97 Å². The molecular formula is C15H17BrClN3O. The summed E-state index contributed by atoms with van der Waals surface area (Å²) in [6, 6.07) is 8.26. The lowest BCUT2D eigenvalue weighted by molar-refractivity contribution is 0.408. The van der Waals surface area contributed by atoms with E-state index >= 15 is 0 Å². The van der Waals surface area contributed by atoms with Crippen LogP contribution in [0.15, 0.2) is 34.9 Å². The summed E-state index contributed by atoms with van der Waals surface area (Å²) in [4.78, 5) is 10.3. The summed E-state index contributed by atoms with van der Waals surface area (Å²) in [5.74, 6) is 1.68. The number of halogens is 2. The SMILES string of the molecule is COc1ccccc1CC(C)N(C)c1nc(Cl)ncc1Br. The molecule has 6 heteroatoms. The second-order valence-electron chi connectivity index (χ2n) is 4.79. The van der Waals surface area contributed by atoms with Crippen LogP contribution in [-0.2, 0) is 6.42 Å². The highest BCUT2D eigenvalue weighted by atomic mass is 79.9. The lowest BCUT2D eigenvalue weighted by Gasteiger charge is -2.27. The topological polar surface area (TPSA) is 38.2 Å². The highest BCUT2D eigenvalue weighted by Crippen LogP contribution is 2.27. The number of benzene rings is 1. The first-order valence-electron chi connectivity index (χ1n) is 6.55. The number of nitrogens with zero attached hydrogens (tertiary/aromatic N) is 3.